The van der Waals surface area contributed by atoms with Crippen molar-refractivity contribution in [1.82, 2.24) is 0 Å². The first-order valence-electron chi connectivity index (χ1n) is 8.52. The predicted octanol–water partition coefficient (Wildman–Crippen LogP) is 5.04. The predicted molar refractivity (Wildman–Crippen MR) is 107 cm³/mol. The molecule has 0 fully saturated rings. The van der Waals surface area contributed by atoms with Gasteiger partial charge in [-0.2, -0.15) is 0 Å². The summed E-state index contributed by atoms with van der Waals surface area (Å²) in [6.45, 7) is 8.06. The van der Waals surface area contributed by atoms with Crippen molar-refractivity contribution >= 4 is 12.0 Å². The van der Waals surface area contributed by atoms with E-state index < -0.39 is 0 Å². The van der Waals surface area contributed by atoms with Gasteiger partial charge in [0.05, 0.1) is 20.8 Å². The van der Waals surface area contributed by atoms with Gasteiger partial charge in [0.2, 0.25) is 0 Å². The fourth-order valence-electron chi connectivity index (χ4n) is 2.27. The number of benzene rings is 1. The monoisotopic (exact) mass is 356 g/mol. The topological polar surface area (TPSA) is 44.8 Å². The second kappa shape index (κ2) is 11.0. The van der Waals surface area contributed by atoms with Crippen molar-refractivity contribution in [2.24, 2.45) is 0 Å². The number of methoxy groups -OCH3 is 2. The Hall–Kier alpha value is -2.75. The fourth-order valence-corrected chi connectivity index (χ4v) is 2.27. The zero-order valence-electron chi connectivity index (χ0n) is 16.5. The maximum Gasteiger partial charge on any atom is 0.330 e. The lowest BCUT2D eigenvalue weighted by atomic mass is 10.1. The molecule has 0 heterocycles. The van der Waals surface area contributed by atoms with Gasteiger partial charge in [0.15, 0.2) is 0 Å². The van der Waals surface area contributed by atoms with Crippen molar-refractivity contribution in [2.75, 3.05) is 20.8 Å². The largest absolute Gasteiger partial charge is 0.497 e. The van der Waals surface area contributed by atoms with Gasteiger partial charge in [-0.25, -0.2) is 4.79 Å². The highest BCUT2D eigenvalue weighted by atomic mass is 16.5. The van der Waals surface area contributed by atoms with Gasteiger partial charge in [0.1, 0.15) is 11.5 Å². The SMILES string of the molecule is CCOC(=O)C=C(C)C=CC=C(C)C=Cc1c(C)cc(OC)cc1OC. The average molecular weight is 356 g/mol. The highest BCUT2D eigenvalue weighted by Crippen LogP contribution is 2.29. The van der Waals surface area contributed by atoms with E-state index in [1.165, 1.54) is 6.08 Å². The molecule has 1 aromatic rings. The molecule has 1 rings (SSSR count). The minimum absolute atomic E-state index is 0.322. The molecule has 0 saturated heterocycles. The average Bonchev–Trinajstić information content (AvgIpc) is 2.59. The van der Waals surface area contributed by atoms with Crippen LogP contribution in [0.25, 0.3) is 6.08 Å². The molecule has 0 N–H and O–H groups in total. The first-order valence-corrected chi connectivity index (χ1v) is 8.52. The molecule has 0 unspecified atom stereocenters. The van der Waals surface area contributed by atoms with E-state index in [2.05, 4.69) is 0 Å². The number of hydrogen-bond acceptors (Lipinski definition) is 4. The van der Waals surface area contributed by atoms with Crippen molar-refractivity contribution in [1.29, 1.82) is 0 Å². The van der Waals surface area contributed by atoms with Crippen LogP contribution in [-0.2, 0) is 9.53 Å². The van der Waals surface area contributed by atoms with Gasteiger partial charge >= 0.3 is 5.97 Å². The zero-order valence-corrected chi connectivity index (χ0v) is 16.5. The highest BCUT2D eigenvalue weighted by molar-refractivity contribution is 5.83. The Morgan fingerprint density at radius 2 is 1.81 bits per heavy atom. The zero-order chi connectivity index (χ0) is 19.5. The first kappa shape index (κ1) is 21.3. The summed E-state index contributed by atoms with van der Waals surface area (Å²) in [7, 11) is 3.29. The summed E-state index contributed by atoms with van der Waals surface area (Å²) in [6, 6.07) is 3.85. The van der Waals surface area contributed by atoms with Crippen molar-refractivity contribution < 1.29 is 19.0 Å². The molecule has 1 aromatic carbocycles. The molecule has 26 heavy (non-hydrogen) atoms. The maximum absolute atomic E-state index is 11.4. The molecule has 0 bridgehead atoms. The molecule has 4 nitrogen and oxygen atoms in total. The number of rotatable bonds is 8. The lowest BCUT2D eigenvalue weighted by Gasteiger charge is -2.10. The van der Waals surface area contributed by atoms with Crippen LogP contribution in [0, 0.1) is 6.92 Å². The highest BCUT2D eigenvalue weighted by Gasteiger charge is 2.06. The van der Waals surface area contributed by atoms with Gasteiger partial charge in [-0.1, -0.05) is 36.0 Å². The molecule has 4 heteroatoms. The maximum atomic E-state index is 11.4. The Morgan fingerprint density at radius 3 is 2.42 bits per heavy atom. The molecule has 0 aliphatic heterocycles. The van der Waals surface area contributed by atoms with Crippen molar-refractivity contribution in [2.45, 2.75) is 27.7 Å². The molecule has 0 radical (unpaired) electrons. The van der Waals surface area contributed by atoms with Gasteiger partial charge < -0.3 is 14.2 Å². The Morgan fingerprint density at radius 1 is 1.08 bits per heavy atom. The van der Waals surface area contributed by atoms with Crippen LogP contribution < -0.4 is 9.47 Å². The summed E-state index contributed by atoms with van der Waals surface area (Å²) < 4.78 is 15.6. The van der Waals surface area contributed by atoms with Crippen LogP contribution in [-0.4, -0.2) is 26.8 Å². The summed E-state index contributed by atoms with van der Waals surface area (Å²) in [5, 5.41) is 0. The number of aryl methyl sites for hydroxylation is 1. The molecule has 0 aromatic heterocycles. The molecule has 140 valence electrons. The van der Waals surface area contributed by atoms with E-state index in [1.54, 1.807) is 21.1 Å². The fraction of sp³-hybridized carbons (Fsp3) is 0.318. The van der Waals surface area contributed by atoms with Crippen LogP contribution in [0.4, 0.5) is 0 Å². The molecule has 0 aliphatic carbocycles. The summed E-state index contributed by atoms with van der Waals surface area (Å²) >= 11 is 0. The third kappa shape index (κ3) is 7.01. The number of allylic oxidation sites excluding steroid dienone is 6. The van der Waals surface area contributed by atoms with E-state index in [0.717, 1.165) is 33.8 Å². The molecular formula is C22H28O4. The minimum Gasteiger partial charge on any atom is -0.497 e. The van der Waals surface area contributed by atoms with E-state index >= 15 is 0 Å². The number of carbonyl (C=O) groups is 1. The van der Waals surface area contributed by atoms with Crippen molar-refractivity contribution in [3.8, 4) is 11.5 Å². The number of esters is 1. The molecular weight excluding hydrogens is 328 g/mol. The Bertz CT molecular complexity index is 737. The third-order valence-electron chi connectivity index (χ3n) is 3.64. The summed E-state index contributed by atoms with van der Waals surface area (Å²) in [4.78, 5) is 11.4. The molecule has 0 spiro atoms. The van der Waals surface area contributed by atoms with Crippen LogP contribution in [0.3, 0.4) is 0 Å². The molecule has 0 saturated carbocycles. The number of hydrogen-bond donors (Lipinski definition) is 0. The first-order chi connectivity index (χ1) is 12.4. The van der Waals surface area contributed by atoms with Gasteiger partial charge in [-0.3, -0.25) is 0 Å². The van der Waals surface area contributed by atoms with Crippen molar-refractivity contribution in [3.05, 3.63) is 64.8 Å². The van der Waals surface area contributed by atoms with E-state index in [9.17, 15) is 4.79 Å². The standard InChI is InChI=1S/C22H28O4/c1-7-26-22(23)13-17(3)10-8-9-16(2)11-12-20-18(4)14-19(24-5)15-21(20)25-6/h8-15H,7H2,1-6H3. The molecule has 0 atom stereocenters. The van der Waals surface area contributed by atoms with Crippen LogP contribution in [0.2, 0.25) is 0 Å². The Balaban J connectivity index is 2.87. The van der Waals surface area contributed by atoms with E-state index in [1.807, 2.05) is 63.3 Å². The lowest BCUT2D eigenvalue weighted by molar-refractivity contribution is -0.137. The van der Waals surface area contributed by atoms with E-state index in [4.69, 9.17) is 14.2 Å². The minimum atomic E-state index is -0.322. The van der Waals surface area contributed by atoms with Crippen LogP contribution in [0.15, 0.2) is 53.7 Å². The smallest absolute Gasteiger partial charge is 0.330 e. The Labute approximate surface area is 156 Å². The normalized spacial score (nSPS) is 12.7. The van der Waals surface area contributed by atoms with Gasteiger partial charge in [-0.15, -0.1) is 0 Å². The van der Waals surface area contributed by atoms with E-state index in [-0.39, 0.29) is 5.97 Å². The molecule has 0 aliphatic rings. The van der Waals surface area contributed by atoms with Crippen LogP contribution in [0.5, 0.6) is 11.5 Å². The molecule has 0 amide bonds. The van der Waals surface area contributed by atoms with Crippen molar-refractivity contribution in [3.63, 3.8) is 0 Å². The summed E-state index contributed by atoms with van der Waals surface area (Å²) in [6.07, 6.45) is 11.3. The van der Waals surface area contributed by atoms with Gasteiger partial charge in [0, 0.05) is 17.7 Å². The van der Waals surface area contributed by atoms with E-state index in [0.29, 0.717) is 6.61 Å². The lowest BCUT2D eigenvalue weighted by Crippen LogP contribution is -1.99. The number of carbonyl (C=O) groups excluding carboxylic acids is 1. The quantitative estimate of drug-likeness (QED) is 0.372. The summed E-state index contributed by atoms with van der Waals surface area (Å²) in [5.74, 6) is 1.22. The summed E-state index contributed by atoms with van der Waals surface area (Å²) in [5.41, 5.74) is 4.00. The third-order valence-corrected chi connectivity index (χ3v) is 3.64. The van der Waals surface area contributed by atoms with Crippen LogP contribution in [0.1, 0.15) is 31.9 Å². The number of ether oxygens (including phenoxy) is 3. The van der Waals surface area contributed by atoms with Gasteiger partial charge in [0.25, 0.3) is 0 Å². The van der Waals surface area contributed by atoms with Crippen LogP contribution >= 0.6 is 0 Å². The van der Waals surface area contributed by atoms with Gasteiger partial charge in [-0.05, 0) is 44.9 Å². The Kier molecular flexibility index (Phi) is 8.99. The second-order valence-electron chi connectivity index (χ2n) is 5.80. The second-order valence-corrected chi connectivity index (χ2v) is 5.80.